The Bertz CT molecular complexity index is 1050. The Balaban J connectivity index is 1.97. The van der Waals surface area contributed by atoms with Crippen LogP contribution in [0, 0.1) is 0 Å². The second-order valence-electron chi connectivity index (χ2n) is 7.48. The van der Waals surface area contributed by atoms with Gasteiger partial charge < -0.3 is 24.4 Å². The first-order chi connectivity index (χ1) is 14.1. The molecule has 6 heteroatoms. The Morgan fingerprint density at radius 1 is 0.897 bits per heavy atom. The predicted octanol–water partition coefficient (Wildman–Crippen LogP) is 3.68. The molecule has 0 amide bonds. The van der Waals surface area contributed by atoms with Crippen molar-refractivity contribution in [2.75, 3.05) is 34.5 Å². The quantitative estimate of drug-likeness (QED) is 0.619. The van der Waals surface area contributed by atoms with Crippen LogP contribution in [0.4, 0.5) is 0 Å². The number of methoxy groups -OCH3 is 3. The van der Waals surface area contributed by atoms with Gasteiger partial charge in [0, 0.05) is 12.6 Å². The van der Waals surface area contributed by atoms with Crippen LogP contribution in [0.1, 0.15) is 18.4 Å². The molecule has 0 aromatic heterocycles. The number of ether oxygens (including phenoxy) is 3. The van der Waals surface area contributed by atoms with Crippen molar-refractivity contribution in [1.82, 2.24) is 4.90 Å². The second kappa shape index (κ2) is 7.97. The molecule has 0 aliphatic carbocycles. The minimum Gasteiger partial charge on any atom is -0.504 e. The fourth-order valence-electron chi connectivity index (χ4n) is 4.39. The van der Waals surface area contributed by atoms with Gasteiger partial charge in [-0.25, -0.2) is 0 Å². The van der Waals surface area contributed by atoms with Crippen molar-refractivity contribution in [1.29, 1.82) is 0 Å². The summed E-state index contributed by atoms with van der Waals surface area (Å²) >= 11 is 0. The van der Waals surface area contributed by atoms with E-state index in [0.29, 0.717) is 17.2 Å². The van der Waals surface area contributed by atoms with Gasteiger partial charge in [-0.3, -0.25) is 4.90 Å². The van der Waals surface area contributed by atoms with Crippen LogP contribution in [-0.2, 0) is 6.54 Å². The fraction of sp³-hybridized carbons (Fsp3) is 0.391. The lowest BCUT2D eigenvalue weighted by Crippen LogP contribution is -2.31. The highest BCUT2D eigenvalue weighted by atomic mass is 16.5. The summed E-state index contributed by atoms with van der Waals surface area (Å²) in [6, 6.07) is 9.87. The third-order valence-corrected chi connectivity index (χ3v) is 5.92. The molecular formula is C23H27NO5. The number of aliphatic hydroxyl groups is 1. The standard InChI is InChI=1S/C23H27NO5/c1-27-21-8-14-7-15(12-24-6-4-5-16(24)13-25)18-10-22(28-2)23(29-3)11-19(18)17(14)9-20(21)26/h7-11,16,25-26H,4-6,12-13H2,1-3H3/t16-/m0/s1. The van der Waals surface area contributed by atoms with Gasteiger partial charge in [0.2, 0.25) is 0 Å². The van der Waals surface area contributed by atoms with Crippen LogP contribution in [0.2, 0.25) is 0 Å². The van der Waals surface area contributed by atoms with E-state index in [1.54, 1.807) is 27.4 Å². The summed E-state index contributed by atoms with van der Waals surface area (Å²) in [6.07, 6.45) is 2.11. The van der Waals surface area contributed by atoms with Crippen molar-refractivity contribution in [2.24, 2.45) is 0 Å². The van der Waals surface area contributed by atoms with Crippen LogP contribution in [0.15, 0.2) is 30.3 Å². The molecule has 0 bridgehead atoms. The molecule has 1 aliphatic rings. The molecule has 1 fully saturated rings. The SMILES string of the molecule is COc1cc2cc(CN3CCC[C@H]3CO)c3cc(OC)c(OC)cc3c2cc1O. The summed E-state index contributed by atoms with van der Waals surface area (Å²) in [5.41, 5.74) is 1.14. The fourth-order valence-corrected chi connectivity index (χ4v) is 4.39. The lowest BCUT2D eigenvalue weighted by atomic mass is 9.95. The second-order valence-corrected chi connectivity index (χ2v) is 7.48. The van der Waals surface area contributed by atoms with Crippen molar-refractivity contribution >= 4 is 21.5 Å². The lowest BCUT2D eigenvalue weighted by Gasteiger charge is -2.24. The summed E-state index contributed by atoms with van der Waals surface area (Å²) in [7, 11) is 4.79. The van der Waals surface area contributed by atoms with E-state index in [9.17, 15) is 10.2 Å². The van der Waals surface area contributed by atoms with Crippen LogP contribution in [-0.4, -0.2) is 55.6 Å². The van der Waals surface area contributed by atoms with E-state index >= 15 is 0 Å². The number of aliphatic hydroxyl groups excluding tert-OH is 1. The first kappa shape index (κ1) is 19.6. The Hall–Kier alpha value is -2.70. The van der Waals surface area contributed by atoms with E-state index in [4.69, 9.17) is 14.2 Å². The number of aromatic hydroxyl groups is 1. The molecule has 1 aliphatic heterocycles. The zero-order chi connectivity index (χ0) is 20.5. The molecular weight excluding hydrogens is 370 g/mol. The van der Waals surface area contributed by atoms with Gasteiger partial charge in [-0.2, -0.15) is 0 Å². The number of fused-ring (bicyclic) bond motifs is 3. The van der Waals surface area contributed by atoms with E-state index in [0.717, 1.165) is 53.0 Å². The zero-order valence-corrected chi connectivity index (χ0v) is 17.1. The van der Waals surface area contributed by atoms with Crippen LogP contribution in [0.25, 0.3) is 21.5 Å². The lowest BCUT2D eigenvalue weighted by molar-refractivity contribution is 0.154. The summed E-state index contributed by atoms with van der Waals surface area (Å²) in [5.74, 6) is 1.85. The molecule has 1 saturated heterocycles. The maximum Gasteiger partial charge on any atom is 0.161 e. The van der Waals surface area contributed by atoms with Gasteiger partial charge >= 0.3 is 0 Å². The summed E-state index contributed by atoms with van der Waals surface area (Å²) < 4.78 is 16.4. The van der Waals surface area contributed by atoms with Crippen LogP contribution in [0.5, 0.6) is 23.0 Å². The molecule has 3 aromatic rings. The van der Waals surface area contributed by atoms with Crippen molar-refractivity contribution in [2.45, 2.75) is 25.4 Å². The van der Waals surface area contributed by atoms with Crippen molar-refractivity contribution in [3.05, 3.63) is 35.9 Å². The maximum atomic E-state index is 10.3. The van der Waals surface area contributed by atoms with Gasteiger partial charge in [0.05, 0.1) is 27.9 Å². The minimum absolute atomic E-state index is 0.101. The summed E-state index contributed by atoms with van der Waals surface area (Å²) in [5, 5.41) is 24.0. The largest absolute Gasteiger partial charge is 0.504 e. The molecule has 0 radical (unpaired) electrons. The number of hydrogen-bond donors (Lipinski definition) is 2. The smallest absolute Gasteiger partial charge is 0.161 e. The average molecular weight is 397 g/mol. The van der Waals surface area contributed by atoms with E-state index < -0.39 is 0 Å². The van der Waals surface area contributed by atoms with Crippen LogP contribution in [0.3, 0.4) is 0 Å². The third kappa shape index (κ3) is 3.43. The molecule has 4 rings (SSSR count). The topological polar surface area (TPSA) is 71.4 Å². The maximum absolute atomic E-state index is 10.3. The van der Waals surface area contributed by atoms with Gasteiger partial charge in [0.1, 0.15) is 0 Å². The number of likely N-dealkylation sites (tertiary alicyclic amines) is 1. The molecule has 1 heterocycles. The summed E-state index contributed by atoms with van der Waals surface area (Å²) in [6.45, 7) is 1.87. The van der Waals surface area contributed by atoms with Gasteiger partial charge in [-0.15, -0.1) is 0 Å². The molecule has 1 atom stereocenters. The van der Waals surface area contributed by atoms with E-state index in [-0.39, 0.29) is 18.4 Å². The average Bonchev–Trinajstić information content (AvgIpc) is 3.20. The Morgan fingerprint density at radius 3 is 2.24 bits per heavy atom. The number of phenolic OH excluding ortho intramolecular Hbond substituents is 1. The van der Waals surface area contributed by atoms with E-state index in [1.165, 1.54) is 0 Å². The van der Waals surface area contributed by atoms with Crippen LogP contribution >= 0.6 is 0 Å². The van der Waals surface area contributed by atoms with Gasteiger partial charge in [-0.1, -0.05) is 0 Å². The molecule has 0 spiro atoms. The normalized spacial score (nSPS) is 17.2. The molecule has 29 heavy (non-hydrogen) atoms. The van der Waals surface area contributed by atoms with Gasteiger partial charge in [-0.05, 0) is 76.8 Å². The van der Waals surface area contributed by atoms with Gasteiger partial charge in [0.15, 0.2) is 23.0 Å². The number of nitrogens with zero attached hydrogens (tertiary/aromatic N) is 1. The first-order valence-electron chi connectivity index (χ1n) is 9.82. The molecule has 2 N–H and O–H groups in total. The molecule has 0 unspecified atom stereocenters. The Labute approximate surface area is 170 Å². The highest BCUT2D eigenvalue weighted by molar-refractivity contribution is 6.11. The van der Waals surface area contributed by atoms with E-state index in [1.807, 2.05) is 18.2 Å². The highest BCUT2D eigenvalue weighted by Gasteiger charge is 2.25. The molecule has 0 saturated carbocycles. The van der Waals surface area contributed by atoms with Crippen molar-refractivity contribution < 1.29 is 24.4 Å². The highest BCUT2D eigenvalue weighted by Crippen LogP contribution is 2.41. The monoisotopic (exact) mass is 397 g/mol. The zero-order valence-electron chi connectivity index (χ0n) is 17.1. The Kier molecular flexibility index (Phi) is 5.39. The van der Waals surface area contributed by atoms with E-state index in [2.05, 4.69) is 11.0 Å². The first-order valence-corrected chi connectivity index (χ1v) is 9.82. The predicted molar refractivity (Wildman–Crippen MR) is 113 cm³/mol. The number of rotatable bonds is 6. The third-order valence-electron chi connectivity index (χ3n) is 5.92. The molecule has 154 valence electrons. The summed E-state index contributed by atoms with van der Waals surface area (Å²) in [4.78, 5) is 2.33. The number of phenols is 1. The minimum atomic E-state index is 0.101. The van der Waals surface area contributed by atoms with Gasteiger partial charge in [0.25, 0.3) is 0 Å². The molecule has 6 nitrogen and oxygen atoms in total. The van der Waals surface area contributed by atoms with Crippen LogP contribution < -0.4 is 14.2 Å². The number of benzene rings is 3. The molecule has 3 aromatic carbocycles. The number of hydrogen-bond acceptors (Lipinski definition) is 6. The Morgan fingerprint density at radius 2 is 1.59 bits per heavy atom. The van der Waals surface area contributed by atoms with Crippen molar-refractivity contribution in [3.63, 3.8) is 0 Å². The van der Waals surface area contributed by atoms with Crippen molar-refractivity contribution in [3.8, 4) is 23.0 Å².